The fraction of sp³-hybridized carbons (Fsp3) is 0.222. The molecule has 0 bridgehead atoms. The fourth-order valence-electron chi connectivity index (χ4n) is 3.66. The first kappa shape index (κ1) is 26.2. The maximum absolute atomic E-state index is 13.7. The van der Waals surface area contributed by atoms with Crippen LogP contribution in [0.1, 0.15) is 23.2 Å². The molecule has 0 saturated heterocycles. The van der Waals surface area contributed by atoms with Crippen LogP contribution in [0, 0.1) is 0 Å². The highest BCUT2D eigenvalue weighted by Gasteiger charge is 2.16. The quantitative estimate of drug-likeness (QED) is 0.197. The van der Waals surface area contributed by atoms with Crippen LogP contribution in [0.2, 0.25) is 0 Å². The molecule has 2 aromatic carbocycles. The molecule has 4 aromatic rings. The van der Waals surface area contributed by atoms with Crippen molar-refractivity contribution in [3.63, 3.8) is 0 Å². The van der Waals surface area contributed by atoms with Gasteiger partial charge in [-0.15, -0.1) is 0 Å². The number of nitrogens with zero attached hydrogens (tertiary/aromatic N) is 3. The van der Waals surface area contributed by atoms with Crippen LogP contribution in [-0.4, -0.2) is 35.9 Å². The van der Waals surface area contributed by atoms with Crippen LogP contribution in [0.25, 0.3) is 11.3 Å². The van der Waals surface area contributed by atoms with Crippen molar-refractivity contribution in [1.29, 1.82) is 0 Å². The molecular weight excluding hydrogens is 500 g/mol. The van der Waals surface area contributed by atoms with Gasteiger partial charge < -0.3 is 18.8 Å². The molecule has 0 fully saturated rings. The summed E-state index contributed by atoms with van der Waals surface area (Å²) in [6.45, 7) is 0.247. The summed E-state index contributed by atoms with van der Waals surface area (Å²) in [5.41, 5.74) is 1.96. The zero-order valence-corrected chi connectivity index (χ0v) is 21.3. The molecule has 192 valence electrons. The first-order chi connectivity index (χ1) is 17.9. The molecule has 10 heteroatoms. The Hall–Kier alpha value is -3.92. The predicted octanol–water partition coefficient (Wildman–Crippen LogP) is 5.61. The van der Waals surface area contributed by atoms with Gasteiger partial charge >= 0.3 is 0 Å². The van der Waals surface area contributed by atoms with Crippen molar-refractivity contribution in [2.45, 2.75) is 23.9 Å². The summed E-state index contributed by atoms with van der Waals surface area (Å²) in [7, 11) is 4.66. The topological polar surface area (TPSA) is 75.5 Å². The molecule has 2 heterocycles. The third-order valence-electron chi connectivity index (χ3n) is 5.53. The Morgan fingerprint density at radius 2 is 1.70 bits per heavy atom. The van der Waals surface area contributed by atoms with Gasteiger partial charge in [0.2, 0.25) is 0 Å². The lowest BCUT2D eigenvalue weighted by molar-refractivity contribution is 0.145. The van der Waals surface area contributed by atoms with Crippen LogP contribution in [0.15, 0.2) is 76.8 Å². The highest BCUT2D eigenvalue weighted by Crippen LogP contribution is 2.30. The summed E-state index contributed by atoms with van der Waals surface area (Å²) in [6.07, 6.45) is -1.16. The molecule has 2 aromatic heterocycles. The average Bonchev–Trinajstić information content (AvgIpc) is 2.92. The van der Waals surface area contributed by atoms with Crippen molar-refractivity contribution < 1.29 is 23.0 Å². The van der Waals surface area contributed by atoms with Crippen molar-refractivity contribution >= 4 is 11.8 Å². The summed E-state index contributed by atoms with van der Waals surface area (Å²) in [4.78, 5) is 21.1. The molecule has 0 spiro atoms. The molecule has 0 atom stereocenters. The fourth-order valence-corrected chi connectivity index (χ4v) is 4.47. The number of benzene rings is 2. The lowest BCUT2D eigenvalue weighted by atomic mass is 10.1. The monoisotopic (exact) mass is 525 g/mol. The van der Waals surface area contributed by atoms with E-state index in [1.165, 1.54) is 35.6 Å². The summed E-state index contributed by atoms with van der Waals surface area (Å²) in [5.74, 6) is 2.30. The van der Waals surface area contributed by atoms with E-state index >= 15 is 0 Å². The molecule has 0 N–H and O–H groups in total. The highest BCUT2D eigenvalue weighted by molar-refractivity contribution is 7.98. The van der Waals surface area contributed by atoms with E-state index in [1.807, 2.05) is 30.3 Å². The van der Waals surface area contributed by atoms with Gasteiger partial charge in [0.15, 0.2) is 16.7 Å². The van der Waals surface area contributed by atoms with Gasteiger partial charge in [-0.3, -0.25) is 4.79 Å². The molecular formula is C27H25F2N3O4S. The Bertz CT molecular complexity index is 1450. The molecule has 7 nitrogen and oxygen atoms in total. The van der Waals surface area contributed by atoms with Crippen LogP contribution in [0.5, 0.6) is 17.2 Å². The SMILES string of the molecule is COc1cccc(CSc2nc(-c3ccc(=O)n(Cc4ccc(OC)c(OC)c4)c3)cc(C(F)F)n2)c1. The van der Waals surface area contributed by atoms with Crippen molar-refractivity contribution in [2.75, 3.05) is 21.3 Å². The van der Waals surface area contributed by atoms with Crippen molar-refractivity contribution in [1.82, 2.24) is 14.5 Å². The Morgan fingerprint density at radius 3 is 2.43 bits per heavy atom. The maximum Gasteiger partial charge on any atom is 0.280 e. The molecule has 0 saturated carbocycles. The molecule has 0 unspecified atom stereocenters. The number of halogens is 2. The molecule has 0 radical (unpaired) electrons. The second kappa shape index (κ2) is 11.9. The molecule has 0 aliphatic heterocycles. The predicted molar refractivity (Wildman–Crippen MR) is 138 cm³/mol. The second-order valence-corrected chi connectivity index (χ2v) is 8.92. The normalized spacial score (nSPS) is 11.0. The molecule has 37 heavy (non-hydrogen) atoms. The third-order valence-corrected chi connectivity index (χ3v) is 6.45. The van der Waals surface area contributed by atoms with Crippen molar-refractivity contribution in [3.8, 4) is 28.5 Å². The first-order valence-corrected chi connectivity index (χ1v) is 12.2. The zero-order chi connectivity index (χ0) is 26.4. The Labute approximate surface area is 217 Å². The number of rotatable bonds is 10. The number of aromatic nitrogens is 3. The van der Waals surface area contributed by atoms with Crippen LogP contribution in [0.4, 0.5) is 8.78 Å². The lowest BCUT2D eigenvalue weighted by Gasteiger charge is -2.12. The number of ether oxygens (including phenoxy) is 3. The van der Waals surface area contributed by atoms with Gasteiger partial charge in [0.1, 0.15) is 11.4 Å². The minimum absolute atomic E-state index is 0.216. The minimum Gasteiger partial charge on any atom is -0.497 e. The molecule has 0 amide bonds. The number of methoxy groups -OCH3 is 3. The highest BCUT2D eigenvalue weighted by atomic mass is 32.2. The average molecular weight is 526 g/mol. The molecule has 0 aliphatic rings. The van der Waals surface area contributed by atoms with E-state index < -0.39 is 6.43 Å². The van der Waals surface area contributed by atoms with Gasteiger partial charge in [-0.1, -0.05) is 30.0 Å². The summed E-state index contributed by atoms with van der Waals surface area (Å²) < 4.78 is 44.7. The van der Waals surface area contributed by atoms with Gasteiger partial charge in [0, 0.05) is 23.6 Å². The van der Waals surface area contributed by atoms with Crippen LogP contribution >= 0.6 is 11.8 Å². The van der Waals surface area contributed by atoms with Crippen LogP contribution < -0.4 is 19.8 Å². The van der Waals surface area contributed by atoms with Gasteiger partial charge in [-0.05, 0) is 47.5 Å². The Morgan fingerprint density at radius 1 is 0.892 bits per heavy atom. The first-order valence-electron chi connectivity index (χ1n) is 11.2. The Kier molecular flexibility index (Phi) is 8.39. The Balaban J connectivity index is 1.63. The minimum atomic E-state index is -2.77. The summed E-state index contributed by atoms with van der Waals surface area (Å²) in [6, 6.07) is 17.1. The van der Waals surface area contributed by atoms with Gasteiger partial charge in [0.05, 0.1) is 33.6 Å². The number of alkyl halides is 2. The molecule has 4 rings (SSSR count). The molecule has 0 aliphatic carbocycles. The maximum atomic E-state index is 13.7. The largest absolute Gasteiger partial charge is 0.497 e. The summed E-state index contributed by atoms with van der Waals surface area (Å²) in [5, 5.41) is 0.216. The smallest absolute Gasteiger partial charge is 0.280 e. The standard InChI is InChI=1S/C27H25F2N3O4S/c1-34-20-6-4-5-18(11-20)16-37-27-30-21(13-22(31-27)26(28)29)19-8-10-25(33)32(15-19)14-17-7-9-23(35-2)24(12-17)36-3/h4-13,15,26H,14,16H2,1-3H3. The van der Waals surface area contributed by atoms with Crippen LogP contribution in [-0.2, 0) is 12.3 Å². The second-order valence-electron chi connectivity index (χ2n) is 7.97. The number of thioether (sulfide) groups is 1. The van der Waals surface area contributed by atoms with Gasteiger partial charge in [0.25, 0.3) is 12.0 Å². The number of hydrogen-bond acceptors (Lipinski definition) is 7. The number of pyridine rings is 1. The van der Waals surface area contributed by atoms with E-state index in [0.717, 1.165) is 11.1 Å². The van der Waals surface area contributed by atoms with E-state index in [2.05, 4.69) is 9.97 Å². The lowest BCUT2D eigenvalue weighted by Crippen LogP contribution is -2.19. The van der Waals surface area contributed by atoms with Gasteiger partial charge in [-0.2, -0.15) is 0 Å². The van der Waals surface area contributed by atoms with E-state index in [9.17, 15) is 13.6 Å². The van der Waals surface area contributed by atoms with Crippen molar-refractivity contribution in [2.24, 2.45) is 0 Å². The van der Waals surface area contributed by atoms with Crippen molar-refractivity contribution in [3.05, 3.63) is 94.0 Å². The zero-order valence-electron chi connectivity index (χ0n) is 20.5. The summed E-state index contributed by atoms with van der Waals surface area (Å²) >= 11 is 1.25. The van der Waals surface area contributed by atoms with Crippen LogP contribution in [0.3, 0.4) is 0 Å². The number of hydrogen-bond donors (Lipinski definition) is 0. The van der Waals surface area contributed by atoms with E-state index in [4.69, 9.17) is 14.2 Å². The van der Waals surface area contributed by atoms with Gasteiger partial charge in [-0.25, -0.2) is 18.7 Å². The van der Waals surface area contributed by atoms with E-state index in [1.54, 1.807) is 38.6 Å². The third kappa shape index (κ3) is 6.45. The van der Waals surface area contributed by atoms with E-state index in [0.29, 0.717) is 34.3 Å². The van der Waals surface area contributed by atoms with E-state index in [-0.39, 0.29) is 23.0 Å².